The molecule has 0 atom stereocenters. The number of carbonyl (C=O) groups is 2. The Morgan fingerprint density at radius 1 is 1.11 bits per heavy atom. The third kappa shape index (κ3) is 4.22. The van der Waals surface area contributed by atoms with Gasteiger partial charge in [-0.25, -0.2) is 9.37 Å². The molecule has 0 saturated carbocycles. The SMILES string of the molecule is N/C=C\Nc1ncc(F)c2c(C(=O)C(=O)N3CCN(c4ccnnc4-c4ccccc4)CC3)c[nH]c12. The molecule has 10 nitrogen and oxygen atoms in total. The molecular formula is C25H23FN8O2. The van der Waals surface area contributed by atoms with Crippen LogP contribution in [0.1, 0.15) is 10.4 Å². The van der Waals surface area contributed by atoms with Gasteiger partial charge in [-0.15, -0.1) is 5.10 Å². The van der Waals surface area contributed by atoms with E-state index >= 15 is 0 Å². The average Bonchev–Trinajstić information content (AvgIpc) is 3.39. The molecular weight excluding hydrogens is 463 g/mol. The summed E-state index contributed by atoms with van der Waals surface area (Å²) < 4.78 is 14.6. The van der Waals surface area contributed by atoms with Crippen molar-refractivity contribution in [1.29, 1.82) is 0 Å². The molecule has 4 N–H and O–H groups in total. The zero-order valence-electron chi connectivity index (χ0n) is 19.2. The van der Waals surface area contributed by atoms with Crippen molar-refractivity contribution in [3.63, 3.8) is 0 Å². The van der Waals surface area contributed by atoms with Crippen LogP contribution in [-0.2, 0) is 4.79 Å². The number of fused-ring (bicyclic) bond motifs is 1. The predicted octanol–water partition coefficient (Wildman–Crippen LogP) is 2.53. The number of Topliss-reactive ketones (excluding diaryl/α,β-unsaturated/α-hetero) is 1. The Balaban J connectivity index is 1.33. The van der Waals surface area contributed by atoms with E-state index in [-0.39, 0.29) is 22.3 Å². The number of benzene rings is 1. The van der Waals surface area contributed by atoms with E-state index in [2.05, 4.69) is 30.4 Å². The molecule has 182 valence electrons. The van der Waals surface area contributed by atoms with Gasteiger partial charge in [-0.05, 0) is 6.07 Å². The lowest BCUT2D eigenvalue weighted by molar-refractivity contribution is -0.126. The molecule has 0 unspecified atom stereocenters. The van der Waals surface area contributed by atoms with Crippen molar-refractivity contribution in [3.05, 3.63) is 78.8 Å². The first kappa shape index (κ1) is 23.0. The van der Waals surface area contributed by atoms with Gasteiger partial charge in [0, 0.05) is 50.3 Å². The van der Waals surface area contributed by atoms with Gasteiger partial charge in [0.25, 0.3) is 11.7 Å². The molecule has 1 aromatic carbocycles. The molecule has 0 radical (unpaired) electrons. The Morgan fingerprint density at radius 2 is 1.89 bits per heavy atom. The summed E-state index contributed by atoms with van der Waals surface area (Å²) in [6.07, 6.45) is 6.65. The summed E-state index contributed by atoms with van der Waals surface area (Å²) in [5.41, 5.74) is 8.18. The maximum Gasteiger partial charge on any atom is 0.295 e. The van der Waals surface area contributed by atoms with Crippen molar-refractivity contribution >= 4 is 34.1 Å². The summed E-state index contributed by atoms with van der Waals surface area (Å²) in [4.78, 5) is 36.6. The van der Waals surface area contributed by atoms with Gasteiger partial charge in [-0.3, -0.25) is 9.59 Å². The summed E-state index contributed by atoms with van der Waals surface area (Å²) in [5.74, 6) is -1.88. The lowest BCUT2D eigenvalue weighted by atomic mass is 10.1. The molecule has 1 aliphatic heterocycles. The highest BCUT2D eigenvalue weighted by Gasteiger charge is 2.30. The summed E-state index contributed by atoms with van der Waals surface area (Å²) >= 11 is 0. The van der Waals surface area contributed by atoms with E-state index in [0.29, 0.717) is 26.2 Å². The van der Waals surface area contributed by atoms with E-state index in [9.17, 15) is 14.0 Å². The first-order valence-electron chi connectivity index (χ1n) is 11.3. The molecule has 4 aromatic rings. The van der Waals surface area contributed by atoms with Crippen molar-refractivity contribution in [2.75, 3.05) is 36.4 Å². The van der Waals surface area contributed by atoms with Gasteiger partial charge in [0.2, 0.25) is 0 Å². The van der Waals surface area contributed by atoms with Crippen LogP contribution >= 0.6 is 0 Å². The highest BCUT2D eigenvalue weighted by molar-refractivity contribution is 6.45. The fourth-order valence-corrected chi connectivity index (χ4v) is 4.32. The van der Waals surface area contributed by atoms with Gasteiger partial charge in [0.1, 0.15) is 5.69 Å². The number of amides is 1. The number of aromatic amines is 1. The standard InChI is InChI=1S/C25H23FN8O2/c26-18-15-30-24(28-9-7-27)22-20(18)17(14-29-22)23(35)25(36)34-12-10-33(11-13-34)19-6-8-31-32-21(19)16-4-2-1-3-5-16/h1-9,14-15,29H,10-13,27H2,(H,28,30)/b9-7-. The summed E-state index contributed by atoms with van der Waals surface area (Å²) in [7, 11) is 0. The first-order valence-corrected chi connectivity index (χ1v) is 11.3. The van der Waals surface area contributed by atoms with Crippen molar-refractivity contribution in [2.45, 2.75) is 0 Å². The lowest BCUT2D eigenvalue weighted by Crippen LogP contribution is -2.50. The average molecular weight is 487 g/mol. The molecule has 4 heterocycles. The number of hydrogen-bond acceptors (Lipinski definition) is 8. The minimum absolute atomic E-state index is 0.00488. The maximum atomic E-state index is 14.6. The van der Waals surface area contributed by atoms with Crippen LogP contribution in [0.3, 0.4) is 0 Å². The monoisotopic (exact) mass is 486 g/mol. The van der Waals surface area contributed by atoms with Gasteiger partial charge in [-0.1, -0.05) is 30.3 Å². The van der Waals surface area contributed by atoms with Gasteiger partial charge in [0.05, 0.1) is 34.5 Å². The van der Waals surface area contributed by atoms with Crippen molar-refractivity contribution in [1.82, 2.24) is 25.1 Å². The zero-order valence-corrected chi connectivity index (χ0v) is 19.2. The normalized spacial score (nSPS) is 13.9. The summed E-state index contributed by atoms with van der Waals surface area (Å²) in [6.45, 7) is 1.69. The molecule has 11 heteroatoms. The minimum Gasteiger partial charge on any atom is -0.403 e. The van der Waals surface area contributed by atoms with Crippen LogP contribution in [0.25, 0.3) is 22.2 Å². The molecule has 0 aliphatic carbocycles. The van der Waals surface area contributed by atoms with Crippen LogP contribution in [0, 0.1) is 5.82 Å². The van der Waals surface area contributed by atoms with E-state index in [0.717, 1.165) is 23.1 Å². The number of carbonyl (C=O) groups excluding carboxylic acids is 2. The lowest BCUT2D eigenvalue weighted by Gasteiger charge is -2.36. The fraction of sp³-hybridized carbons (Fsp3) is 0.160. The zero-order chi connectivity index (χ0) is 25.1. The minimum atomic E-state index is -0.782. The number of H-pyrrole nitrogens is 1. The van der Waals surface area contributed by atoms with Crippen molar-refractivity contribution in [3.8, 4) is 11.3 Å². The summed E-state index contributed by atoms with van der Waals surface area (Å²) in [5, 5.41) is 11.2. The van der Waals surface area contributed by atoms with E-state index in [4.69, 9.17) is 5.73 Å². The third-order valence-electron chi connectivity index (χ3n) is 6.07. The second-order valence-corrected chi connectivity index (χ2v) is 8.15. The third-order valence-corrected chi connectivity index (χ3v) is 6.07. The number of hydrogen-bond donors (Lipinski definition) is 3. The predicted molar refractivity (Wildman–Crippen MR) is 134 cm³/mol. The second kappa shape index (κ2) is 9.82. The van der Waals surface area contributed by atoms with Crippen LogP contribution in [0.2, 0.25) is 0 Å². The molecule has 1 aliphatic rings. The van der Waals surface area contributed by atoms with Crippen LogP contribution in [0.4, 0.5) is 15.9 Å². The number of halogens is 1. The molecule has 1 fully saturated rings. The maximum absolute atomic E-state index is 14.6. The Bertz CT molecular complexity index is 1450. The van der Waals surface area contributed by atoms with Crippen LogP contribution in [0.5, 0.6) is 0 Å². The van der Waals surface area contributed by atoms with Gasteiger partial charge in [-0.2, -0.15) is 5.10 Å². The molecule has 36 heavy (non-hydrogen) atoms. The highest BCUT2D eigenvalue weighted by Crippen LogP contribution is 2.30. The number of rotatable bonds is 6. The molecule has 0 bridgehead atoms. The second-order valence-electron chi connectivity index (χ2n) is 8.15. The number of aromatic nitrogens is 4. The van der Waals surface area contributed by atoms with Crippen molar-refractivity contribution < 1.29 is 14.0 Å². The smallest absolute Gasteiger partial charge is 0.295 e. The first-order chi connectivity index (χ1) is 17.6. The van der Waals surface area contributed by atoms with E-state index in [1.165, 1.54) is 23.5 Å². The van der Waals surface area contributed by atoms with Gasteiger partial charge < -0.3 is 25.8 Å². The number of nitrogens with zero attached hydrogens (tertiary/aromatic N) is 5. The quantitative estimate of drug-likeness (QED) is 0.280. The number of nitrogens with two attached hydrogens (primary N) is 1. The fourth-order valence-electron chi connectivity index (χ4n) is 4.32. The largest absolute Gasteiger partial charge is 0.403 e. The van der Waals surface area contributed by atoms with Gasteiger partial charge in [0.15, 0.2) is 11.6 Å². The van der Waals surface area contributed by atoms with Crippen LogP contribution in [0.15, 0.2) is 67.4 Å². The Kier molecular flexibility index (Phi) is 6.27. The molecule has 1 amide bonds. The number of pyridine rings is 1. The topological polar surface area (TPSA) is 133 Å². The van der Waals surface area contributed by atoms with Crippen molar-refractivity contribution in [2.24, 2.45) is 5.73 Å². The molecule has 3 aromatic heterocycles. The molecule has 0 spiro atoms. The summed E-state index contributed by atoms with van der Waals surface area (Å²) in [6, 6.07) is 11.6. The highest BCUT2D eigenvalue weighted by atomic mass is 19.1. The molecule has 1 saturated heterocycles. The Morgan fingerprint density at radius 3 is 2.64 bits per heavy atom. The number of nitrogens with one attached hydrogen (secondary N) is 2. The Hall–Kier alpha value is -4.80. The number of anilines is 2. The van der Waals surface area contributed by atoms with Crippen LogP contribution in [-0.4, -0.2) is 62.9 Å². The Labute approximate surface area is 205 Å². The van der Waals surface area contributed by atoms with E-state index < -0.39 is 17.5 Å². The van der Waals surface area contributed by atoms with E-state index in [1.807, 2.05) is 36.4 Å². The van der Waals surface area contributed by atoms with Gasteiger partial charge >= 0.3 is 0 Å². The number of piperazine rings is 1. The van der Waals surface area contributed by atoms with Crippen LogP contribution < -0.4 is 16.0 Å². The number of ketones is 1. The molecule has 5 rings (SSSR count). The van der Waals surface area contributed by atoms with E-state index in [1.54, 1.807) is 6.20 Å².